The minimum atomic E-state index is -0.0275. The quantitative estimate of drug-likeness (QED) is 0.613. The summed E-state index contributed by atoms with van der Waals surface area (Å²) in [6.45, 7) is 6.71. The van der Waals surface area contributed by atoms with Crippen molar-refractivity contribution in [1.29, 1.82) is 0 Å². The SMILES string of the molecule is CCC1C2CC(O)C(C)(C)C12. The van der Waals surface area contributed by atoms with Crippen LogP contribution in [0.15, 0.2) is 0 Å². The number of aliphatic hydroxyl groups excluding tert-OH is 1. The molecule has 64 valence electrons. The van der Waals surface area contributed by atoms with Crippen LogP contribution >= 0.6 is 0 Å². The highest BCUT2D eigenvalue weighted by Crippen LogP contribution is 2.66. The van der Waals surface area contributed by atoms with Gasteiger partial charge in [-0.3, -0.25) is 0 Å². The molecule has 2 saturated carbocycles. The van der Waals surface area contributed by atoms with E-state index in [9.17, 15) is 5.11 Å². The molecule has 4 unspecified atom stereocenters. The van der Waals surface area contributed by atoms with Crippen LogP contribution in [0.2, 0.25) is 0 Å². The molecule has 0 aliphatic heterocycles. The summed E-state index contributed by atoms with van der Waals surface area (Å²) in [5.74, 6) is 2.64. The van der Waals surface area contributed by atoms with Crippen molar-refractivity contribution in [2.45, 2.75) is 39.7 Å². The van der Waals surface area contributed by atoms with Crippen molar-refractivity contribution in [2.24, 2.45) is 23.2 Å². The lowest BCUT2D eigenvalue weighted by Crippen LogP contribution is -2.28. The van der Waals surface area contributed by atoms with Gasteiger partial charge in [-0.1, -0.05) is 27.2 Å². The predicted molar refractivity (Wildman–Crippen MR) is 45.2 cm³/mol. The zero-order valence-corrected chi connectivity index (χ0v) is 7.67. The first-order valence-electron chi connectivity index (χ1n) is 4.77. The fourth-order valence-corrected chi connectivity index (χ4v) is 3.21. The Morgan fingerprint density at radius 3 is 2.45 bits per heavy atom. The molecule has 0 heterocycles. The van der Waals surface area contributed by atoms with Gasteiger partial charge in [-0.2, -0.15) is 0 Å². The Balaban J connectivity index is 2.11. The second kappa shape index (κ2) is 2.01. The molecule has 0 bridgehead atoms. The molecule has 2 fully saturated rings. The molecule has 0 spiro atoms. The number of rotatable bonds is 1. The van der Waals surface area contributed by atoms with Crippen LogP contribution in [-0.4, -0.2) is 11.2 Å². The summed E-state index contributed by atoms with van der Waals surface area (Å²) in [4.78, 5) is 0. The molecule has 0 saturated heterocycles. The summed E-state index contributed by atoms with van der Waals surface area (Å²) >= 11 is 0. The van der Waals surface area contributed by atoms with Crippen molar-refractivity contribution in [3.8, 4) is 0 Å². The normalized spacial score (nSPS) is 52.4. The number of fused-ring (bicyclic) bond motifs is 1. The van der Waals surface area contributed by atoms with E-state index in [-0.39, 0.29) is 11.5 Å². The summed E-state index contributed by atoms with van der Waals surface area (Å²) in [5, 5.41) is 9.67. The Morgan fingerprint density at radius 2 is 2.09 bits per heavy atom. The highest BCUT2D eigenvalue weighted by molar-refractivity contribution is 5.12. The van der Waals surface area contributed by atoms with E-state index in [4.69, 9.17) is 0 Å². The Morgan fingerprint density at radius 1 is 1.45 bits per heavy atom. The molecule has 0 aromatic carbocycles. The van der Waals surface area contributed by atoms with Gasteiger partial charge in [0, 0.05) is 0 Å². The maximum Gasteiger partial charge on any atom is 0.0596 e. The summed E-state index contributed by atoms with van der Waals surface area (Å²) in [5.41, 5.74) is 0.214. The second-order valence-corrected chi connectivity index (χ2v) is 4.83. The molecule has 2 aliphatic rings. The van der Waals surface area contributed by atoms with E-state index in [0.717, 1.165) is 24.2 Å². The third-order valence-electron chi connectivity index (χ3n) is 4.02. The summed E-state index contributed by atoms with van der Waals surface area (Å²) < 4.78 is 0. The molecular weight excluding hydrogens is 136 g/mol. The third kappa shape index (κ3) is 0.807. The Kier molecular flexibility index (Phi) is 1.39. The monoisotopic (exact) mass is 154 g/mol. The fourth-order valence-electron chi connectivity index (χ4n) is 3.21. The zero-order valence-electron chi connectivity index (χ0n) is 7.67. The average Bonchev–Trinajstić information content (AvgIpc) is 2.56. The van der Waals surface area contributed by atoms with Crippen LogP contribution in [0.5, 0.6) is 0 Å². The first-order chi connectivity index (χ1) is 5.09. The first kappa shape index (κ1) is 7.60. The van der Waals surface area contributed by atoms with Crippen LogP contribution in [0.4, 0.5) is 0 Å². The molecule has 4 atom stereocenters. The largest absolute Gasteiger partial charge is 0.393 e. The van der Waals surface area contributed by atoms with Crippen LogP contribution in [-0.2, 0) is 0 Å². The van der Waals surface area contributed by atoms with Gasteiger partial charge >= 0.3 is 0 Å². The first-order valence-corrected chi connectivity index (χ1v) is 4.77. The van der Waals surface area contributed by atoms with E-state index in [2.05, 4.69) is 20.8 Å². The highest BCUT2D eigenvalue weighted by atomic mass is 16.3. The van der Waals surface area contributed by atoms with E-state index in [1.54, 1.807) is 0 Å². The van der Waals surface area contributed by atoms with Crippen LogP contribution in [0.1, 0.15) is 33.6 Å². The van der Waals surface area contributed by atoms with Gasteiger partial charge in [-0.05, 0) is 29.6 Å². The van der Waals surface area contributed by atoms with Gasteiger partial charge in [-0.25, -0.2) is 0 Å². The van der Waals surface area contributed by atoms with Gasteiger partial charge in [0.1, 0.15) is 0 Å². The minimum Gasteiger partial charge on any atom is -0.393 e. The summed E-state index contributed by atoms with van der Waals surface area (Å²) in [6.07, 6.45) is 2.35. The van der Waals surface area contributed by atoms with Gasteiger partial charge in [0.15, 0.2) is 0 Å². The number of hydrogen-bond acceptors (Lipinski definition) is 1. The molecule has 2 aliphatic carbocycles. The maximum absolute atomic E-state index is 9.67. The second-order valence-electron chi connectivity index (χ2n) is 4.83. The number of hydrogen-bond donors (Lipinski definition) is 1. The molecule has 0 aromatic heterocycles. The zero-order chi connectivity index (χ0) is 8.22. The van der Waals surface area contributed by atoms with Crippen molar-refractivity contribution < 1.29 is 5.11 Å². The molecule has 11 heavy (non-hydrogen) atoms. The predicted octanol–water partition coefficient (Wildman–Crippen LogP) is 2.05. The average molecular weight is 154 g/mol. The van der Waals surface area contributed by atoms with E-state index in [1.165, 1.54) is 6.42 Å². The van der Waals surface area contributed by atoms with Gasteiger partial charge in [-0.15, -0.1) is 0 Å². The van der Waals surface area contributed by atoms with Gasteiger partial charge < -0.3 is 5.11 Å². The molecular formula is C10H18O. The Bertz CT molecular complexity index is 174. The van der Waals surface area contributed by atoms with Crippen molar-refractivity contribution in [2.75, 3.05) is 0 Å². The molecule has 0 aromatic rings. The summed E-state index contributed by atoms with van der Waals surface area (Å²) in [6, 6.07) is 0. The van der Waals surface area contributed by atoms with Crippen molar-refractivity contribution in [3.05, 3.63) is 0 Å². The highest BCUT2D eigenvalue weighted by Gasteiger charge is 2.64. The van der Waals surface area contributed by atoms with Gasteiger partial charge in [0.25, 0.3) is 0 Å². The Labute approximate surface area is 68.8 Å². The van der Waals surface area contributed by atoms with Gasteiger partial charge in [0.05, 0.1) is 6.10 Å². The van der Waals surface area contributed by atoms with Gasteiger partial charge in [0.2, 0.25) is 0 Å². The molecule has 0 radical (unpaired) electrons. The van der Waals surface area contributed by atoms with Crippen molar-refractivity contribution in [1.82, 2.24) is 0 Å². The van der Waals surface area contributed by atoms with E-state index in [0.29, 0.717) is 0 Å². The van der Waals surface area contributed by atoms with Crippen LogP contribution in [0.3, 0.4) is 0 Å². The minimum absolute atomic E-state index is 0.0275. The maximum atomic E-state index is 9.67. The molecule has 1 N–H and O–H groups in total. The van der Waals surface area contributed by atoms with Crippen molar-refractivity contribution in [3.63, 3.8) is 0 Å². The molecule has 2 rings (SSSR count). The van der Waals surface area contributed by atoms with E-state index < -0.39 is 0 Å². The fraction of sp³-hybridized carbons (Fsp3) is 1.00. The smallest absolute Gasteiger partial charge is 0.0596 e. The van der Waals surface area contributed by atoms with Crippen molar-refractivity contribution >= 4 is 0 Å². The lowest BCUT2D eigenvalue weighted by Gasteiger charge is -2.27. The van der Waals surface area contributed by atoms with Crippen LogP contribution < -0.4 is 0 Å². The molecule has 1 nitrogen and oxygen atoms in total. The topological polar surface area (TPSA) is 20.2 Å². The van der Waals surface area contributed by atoms with Crippen LogP contribution in [0, 0.1) is 23.2 Å². The molecule has 1 heteroatoms. The lowest BCUT2D eigenvalue weighted by molar-refractivity contribution is 0.0483. The summed E-state index contributed by atoms with van der Waals surface area (Å²) in [7, 11) is 0. The van der Waals surface area contributed by atoms with Crippen LogP contribution in [0.25, 0.3) is 0 Å². The van der Waals surface area contributed by atoms with E-state index >= 15 is 0 Å². The third-order valence-corrected chi connectivity index (χ3v) is 4.02. The lowest BCUT2D eigenvalue weighted by atomic mass is 9.82. The standard InChI is InChI=1S/C10H18O/c1-4-6-7-5-8(11)10(2,3)9(6)7/h6-9,11H,4-5H2,1-3H3. The Hall–Kier alpha value is -0.0400. The molecule has 0 amide bonds. The number of aliphatic hydroxyl groups is 1. The van der Waals surface area contributed by atoms with E-state index in [1.807, 2.05) is 0 Å².